The molecule has 3 rings (SSSR count). The second-order valence-electron chi connectivity index (χ2n) is 6.89. The Morgan fingerprint density at radius 3 is 2.52 bits per heavy atom. The SMILES string of the molecule is CN(CC(=O)N1c2ccccc2NC(=O)CC1C(F)(F)F)Cc1ccc(Cl)cc1. The Kier molecular flexibility index (Phi) is 6.14. The molecule has 1 heterocycles. The lowest BCUT2D eigenvalue weighted by Crippen LogP contribution is -2.52. The lowest BCUT2D eigenvalue weighted by Gasteiger charge is -2.33. The van der Waals surface area contributed by atoms with E-state index in [9.17, 15) is 22.8 Å². The molecule has 5 nitrogen and oxygen atoms in total. The molecule has 1 N–H and O–H groups in total. The van der Waals surface area contributed by atoms with Crippen LogP contribution in [-0.4, -0.2) is 42.5 Å². The monoisotopic (exact) mass is 425 g/mol. The third kappa shape index (κ3) is 5.07. The third-order valence-corrected chi connectivity index (χ3v) is 4.80. The summed E-state index contributed by atoms with van der Waals surface area (Å²) in [5.41, 5.74) is 1.08. The third-order valence-electron chi connectivity index (χ3n) is 4.55. The minimum atomic E-state index is -4.75. The lowest BCUT2D eigenvalue weighted by molar-refractivity contribution is -0.158. The number of nitrogens with zero attached hydrogens (tertiary/aromatic N) is 2. The Balaban J connectivity index is 1.86. The highest BCUT2D eigenvalue weighted by atomic mass is 35.5. The molecule has 0 fully saturated rings. The molecular weight excluding hydrogens is 407 g/mol. The van der Waals surface area contributed by atoms with Crippen molar-refractivity contribution in [2.75, 3.05) is 23.8 Å². The molecule has 2 amide bonds. The van der Waals surface area contributed by atoms with Crippen LogP contribution in [0.3, 0.4) is 0 Å². The predicted molar refractivity (Wildman–Crippen MR) is 105 cm³/mol. The van der Waals surface area contributed by atoms with Crippen molar-refractivity contribution in [1.29, 1.82) is 0 Å². The fourth-order valence-corrected chi connectivity index (χ4v) is 3.39. The lowest BCUT2D eigenvalue weighted by atomic mass is 10.1. The fraction of sp³-hybridized carbons (Fsp3) is 0.300. The van der Waals surface area contributed by atoms with Crippen molar-refractivity contribution >= 4 is 34.8 Å². The van der Waals surface area contributed by atoms with Crippen LogP contribution in [-0.2, 0) is 16.1 Å². The number of alkyl halides is 3. The topological polar surface area (TPSA) is 52.7 Å². The van der Waals surface area contributed by atoms with Crippen molar-refractivity contribution in [3.8, 4) is 0 Å². The Morgan fingerprint density at radius 1 is 1.21 bits per heavy atom. The van der Waals surface area contributed by atoms with Crippen LogP contribution < -0.4 is 10.2 Å². The number of hydrogen-bond acceptors (Lipinski definition) is 3. The van der Waals surface area contributed by atoms with E-state index in [0.717, 1.165) is 5.56 Å². The molecule has 9 heteroatoms. The van der Waals surface area contributed by atoms with Crippen molar-refractivity contribution in [2.45, 2.75) is 25.2 Å². The van der Waals surface area contributed by atoms with Crippen LogP contribution in [0, 0.1) is 0 Å². The quantitative estimate of drug-likeness (QED) is 0.803. The van der Waals surface area contributed by atoms with Crippen LogP contribution in [0.2, 0.25) is 5.02 Å². The first kappa shape index (κ1) is 21.1. The van der Waals surface area contributed by atoms with Crippen LogP contribution >= 0.6 is 11.6 Å². The van der Waals surface area contributed by atoms with E-state index in [1.54, 1.807) is 42.3 Å². The molecule has 0 aliphatic carbocycles. The van der Waals surface area contributed by atoms with Crippen LogP contribution in [0.15, 0.2) is 48.5 Å². The van der Waals surface area contributed by atoms with E-state index >= 15 is 0 Å². The van der Waals surface area contributed by atoms with Crippen molar-refractivity contribution in [1.82, 2.24) is 4.90 Å². The molecule has 1 aliphatic rings. The summed E-state index contributed by atoms with van der Waals surface area (Å²) in [6.07, 6.45) is -5.61. The molecule has 1 atom stereocenters. The number of benzene rings is 2. The number of para-hydroxylation sites is 2. The number of carbonyl (C=O) groups is 2. The molecule has 29 heavy (non-hydrogen) atoms. The number of likely N-dealkylation sites (N-methyl/N-ethyl adjacent to an activating group) is 1. The van der Waals surface area contributed by atoms with E-state index in [4.69, 9.17) is 11.6 Å². The summed E-state index contributed by atoms with van der Waals surface area (Å²) in [5, 5.41) is 3.02. The maximum absolute atomic E-state index is 13.7. The van der Waals surface area contributed by atoms with Crippen molar-refractivity contribution in [3.63, 3.8) is 0 Å². The first-order chi connectivity index (χ1) is 13.6. The summed E-state index contributed by atoms with van der Waals surface area (Å²) in [7, 11) is 1.64. The molecule has 0 radical (unpaired) electrons. The van der Waals surface area contributed by atoms with Gasteiger partial charge in [-0.1, -0.05) is 35.9 Å². The van der Waals surface area contributed by atoms with Gasteiger partial charge in [0.1, 0.15) is 6.04 Å². The molecular formula is C20H19ClF3N3O2. The van der Waals surface area contributed by atoms with Crippen LogP contribution in [0.4, 0.5) is 24.5 Å². The summed E-state index contributed by atoms with van der Waals surface area (Å²) in [6, 6.07) is 10.7. The molecule has 0 bridgehead atoms. The number of fused-ring (bicyclic) bond motifs is 1. The number of rotatable bonds is 4. The van der Waals surface area contributed by atoms with Gasteiger partial charge in [0.25, 0.3) is 0 Å². The van der Waals surface area contributed by atoms with Gasteiger partial charge in [-0.3, -0.25) is 19.4 Å². The van der Waals surface area contributed by atoms with Crippen LogP contribution in [0.5, 0.6) is 0 Å². The summed E-state index contributed by atoms with van der Waals surface area (Å²) >= 11 is 5.85. The normalized spacial score (nSPS) is 17.0. The van der Waals surface area contributed by atoms with Gasteiger partial charge in [-0.25, -0.2) is 0 Å². The highest BCUT2D eigenvalue weighted by Gasteiger charge is 2.49. The van der Waals surface area contributed by atoms with E-state index in [1.807, 2.05) is 0 Å². The van der Waals surface area contributed by atoms with E-state index in [2.05, 4.69) is 5.32 Å². The second kappa shape index (κ2) is 8.42. The highest BCUT2D eigenvalue weighted by molar-refractivity contribution is 6.30. The van der Waals surface area contributed by atoms with E-state index in [-0.39, 0.29) is 17.9 Å². The molecule has 0 saturated carbocycles. The first-order valence-corrected chi connectivity index (χ1v) is 9.23. The Bertz CT molecular complexity index is 903. The Labute approximate surface area is 171 Å². The van der Waals surface area contributed by atoms with Gasteiger partial charge in [-0.05, 0) is 36.9 Å². The smallest absolute Gasteiger partial charge is 0.324 e. The first-order valence-electron chi connectivity index (χ1n) is 8.86. The van der Waals surface area contributed by atoms with Gasteiger partial charge < -0.3 is 5.32 Å². The second-order valence-corrected chi connectivity index (χ2v) is 7.33. The molecule has 154 valence electrons. The Morgan fingerprint density at radius 2 is 1.86 bits per heavy atom. The van der Waals surface area contributed by atoms with E-state index in [0.29, 0.717) is 16.5 Å². The van der Waals surface area contributed by atoms with Gasteiger partial charge in [-0.2, -0.15) is 13.2 Å². The number of nitrogens with one attached hydrogen (secondary N) is 1. The molecule has 2 aromatic rings. The van der Waals surface area contributed by atoms with E-state index < -0.39 is 30.5 Å². The maximum Gasteiger partial charge on any atom is 0.409 e. The molecule has 0 spiro atoms. The predicted octanol–water partition coefficient (Wildman–Crippen LogP) is 4.08. The Hall–Kier alpha value is -2.58. The number of hydrogen-bond donors (Lipinski definition) is 1. The van der Waals surface area contributed by atoms with Gasteiger partial charge in [0.05, 0.1) is 24.3 Å². The fourth-order valence-electron chi connectivity index (χ4n) is 3.26. The van der Waals surface area contributed by atoms with Gasteiger partial charge in [0, 0.05) is 11.6 Å². The van der Waals surface area contributed by atoms with Gasteiger partial charge in [0.15, 0.2) is 0 Å². The molecule has 0 saturated heterocycles. The van der Waals surface area contributed by atoms with Crippen LogP contribution in [0.1, 0.15) is 12.0 Å². The molecule has 1 aliphatic heterocycles. The van der Waals surface area contributed by atoms with Gasteiger partial charge >= 0.3 is 6.18 Å². The zero-order chi connectivity index (χ0) is 21.2. The summed E-state index contributed by atoms with van der Waals surface area (Å²) in [6.45, 7) is 0.101. The van der Waals surface area contributed by atoms with Crippen LogP contribution in [0.25, 0.3) is 0 Å². The molecule has 2 aromatic carbocycles. The summed E-state index contributed by atoms with van der Waals surface area (Å²) in [4.78, 5) is 27.2. The van der Waals surface area contributed by atoms with Gasteiger partial charge in [-0.15, -0.1) is 0 Å². The number of amides is 2. The molecule has 0 aromatic heterocycles. The minimum absolute atomic E-state index is 0.0329. The number of anilines is 2. The number of carbonyl (C=O) groups excluding carboxylic acids is 2. The summed E-state index contributed by atoms with van der Waals surface area (Å²) < 4.78 is 41.2. The van der Waals surface area contributed by atoms with Crippen molar-refractivity contribution in [3.05, 3.63) is 59.1 Å². The van der Waals surface area contributed by atoms with Crippen molar-refractivity contribution < 1.29 is 22.8 Å². The largest absolute Gasteiger partial charge is 0.409 e. The summed E-state index contributed by atoms with van der Waals surface area (Å²) in [5.74, 6) is -1.53. The van der Waals surface area contributed by atoms with E-state index in [1.165, 1.54) is 18.2 Å². The number of halogens is 4. The van der Waals surface area contributed by atoms with Gasteiger partial charge in [0.2, 0.25) is 11.8 Å². The average molecular weight is 426 g/mol. The highest BCUT2D eigenvalue weighted by Crippen LogP contribution is 2.37. The van der Waals surface area contributed by atoms with Crippen molar-refractivity contribution in [2.24, 2.45) is 0 Å². The zero-order valence-electron chi connectivity index (χ0n) is 15.5. The zero-order valence-corrected chi connectivity index (χ0v) is 16.3. The average Bonchev–Trinajstić information content (AvgIpc) is 2.79. The standard InChI is InChI=1S/C20H19ClF3N3O2/c1-26(11-13-6-8-14(21)9-7-13)12-19(29)27-16-5-3-2-4-15(16)25-18(28)10-17(27)20(22,23)24/h2-9,17H,10-12H2,1H3,(H,25,28). The molecule has 1 unspecified atom stereocenters. The minimum Gasteiger partial charge on any atom is -0.324 e. The maximum atomic E-state index is 13.7.